The third kappa shape index (κ3) is 5.76. The second-order valence-corrected chi connectivity index (χ2v) is 6.76. The van der Waals surface area contributed by atoms with Crippen molar-refractivity contribution >= 4 is 23.6 Å². The number of hydrogen-bond donors (Lipinski definition) is 1. The minimum atomic E-state index is -0.372. The number of anilines is 1. The molecule has 0 bridgehead atoms. The molecule has 0 saturated heterocycles. The molecular weight excluding hydrogens is 409 g/mol. The normalized spacial score (nSPS) is 11.0. The molecule has 1 N–H and O–H groups in total. The molecule has 3 aromatic rings. The largest absolute Gasteiger partial charge is 0.493 e. The summed E-state index contributed by atoms with van der Waals surface area (Å²) < 4.78 is 29.0. The van der Waals surface area contributed by atoms with Crippen LogP contribution in [0.4, 0.5) is 10.1 Å². The maximum absolute atomic E-state index is 12.9. The van der Waals surface area contributed by atoms with Crippen LogP contribution in [0, 0.1) is 5.82 Å². The highest BCUT2D eigenvalue weighted by Crippen LogP contribution is 2.38. The number of benzene rings is 3. The van der Waals surface area contributed by atoms with E-state index in [0.717, 1.165) is 16.8 Å². The second kappa shape index (κ2) is 10.8. The lowest BCUT2D eigenvalue weighted by atomic mass is 10.1. The SMILES string of the molecule is COc1cc(C=Cc2ccc(NC=CC(=O)c3ccc(F)cc3)cc2)cc(OC)c1OC. The molecule has 164 valence electrons. The van der Waals surface area contributed by atoms with Gasteiger partial charge < -0.3 is 19.5 Å². The van der Waals surface area contributed by atoms with E-state index in [1.165, 1.54) is 30.3 Å². The van der Waals surface area contributed by atoms with Gasteiger partial charge in [0.2, 0.25) is 5.75 Å². The van der Waals surface area contributed by atoms with Gasteiger partial charge in [0.1, 0.15) is 5.82 Å². The highest BCUT2D eigenvalue weighted by Gasteiger charge is 2.11. The number of methoxy groups -OCH3 is 3. The third-order valence-electron chi connectivity index (χ3n) is 4.68. The molecule has 6 heteroatoms. The minimum absolute atomic E-state index is 0.206. The van der Waals surface area contributed by atoms with Crippen LogP contribution in [-0.2, 0) is 0 Å². The van der Waals surface area contributed by atoms with Crippen LogP contribution in [-0.4, -0.2) is 27.1 Å². The van der Waals surface area contributed by atoms with Gasteiger partial charge in [0.05, 0.1) is 21.3 Å². The molecule has 0 radical (unpaired) electrons. The molecule has 0 aliphatic heterocycles. The summed E-state index contributed by atoms with van der Waals surface area (Å²) in [5, 5.41) is 3.05. The van der Waals surface area contributed by atoms with Crippen molar-refractivity contribution in [2.75, 3.05) is 26.6 Å². The van der Waals surface area contributed by atoms with E-state index in [2.05, 4.69) is 5.32 Å². The molecule has 3 aromatic carbocycles. The van der Waals surface area contributed by atoms with Crippen molar-refractivity contribution in [3.05, 3.63) is 95.4 Å². The molecule has 0 atom stereocenters. The van der Waals surface area contributed by atoms with E-state index in [4.69, 9.17) is 14.2 Å². The topological polar surface area (TPSA) is 56.8 Å². The molecule has 0 aromatic heterocycles. The second-order valence-electron chi connectivity index (χ2n) is 6.76. The summed E-state index contributed by atoms with van der Waals surface area (Å²) in [5.74, 6) is 1.15. The maximum Gasteiger partial charge on any atom is 0.203 e. The number of ketones is 1. The first-order valence-corrected chi connectivity index (χ1v) is 9.85. The first-order chi connectivity index (χ1) is 15.5. The van der Waals surface area contributed by atoms with Gasteiger partial charge in [-0.1, -0.05) is 24.3 Å². The van der Waals surface area contributed by atoms with Crippen LogP contribution in [0.25, 0.3) is 12.2 Å². The standard InChI is InChI=1S/C26H24FNO4/c1-30-24-16-19(17-25(31-2)26(24)32-3)5-4-18-6-12-22(13-7-18)28-15-14-23(29)20-8-10-21(27)11-9-20/h4-17,28H,1-3H3. The minimum Gasteiger partial charge on any atom is -0.493 e. The summed E-state index contributed by atoms with van der Waals surface area (Å²) in [7, 11) is 4.73. The number of ether oxygens (including phenoxy) is 3. The summed E-state index contributed by atoms with van der Waals surface area (Å²) in [4.78, 5) is 12.1. The molecule has 0 spiro atoms. The summed E-state index contributed by atoms with van der Waals surface area (Å²) in [5.41, 5.74) is 3.16. The highest BCUT2D eigenvalue weighted by molar-refractivity contribution is 6.04. The van der Waals surface area contributed by atoms with Crippen LogP contribution < -0.4 is 19.5 Å². The van der Waals surface area contributed by atoms with E-state index >= 15 is 0 Å². The van der Waals surface area contributed by atoms with Crippen LogP contribution >= 0.6 is 0 Å². The number of rotatable bonds is 9. The number of allylic oxidation sites excluding steroid dienone is 1. The number of carbonyl (C=O) groups excluding carboxylic acids is 1. The van der Waals surface area contributed by atoms with E-state index in [9.17, 15) is 9.18 Å². The van der Waals surface area contributed by atoms with Crippen LogP contribution in [0.3, 0.4) is 0 Å². The van der Waals surface area contributed by atoms with E-state index in [0.29, 0.717) is 22.8 Å². The average molecular weight is 433 g/mol. The predicted octanol–water partition coefficient (Wildman–Crippen LogP) is 5.83. The van der Waals surface area contributed by atoms with Crippen molar-refractivity contribution in [3.63, 3.8) is 0 Å². The van der Waals surface area contributed by atoms with Crippen molar-refractivity contribution in [1.29, 1.82) is 0 Å². The Bertz CT molecular complexity index is 1090. The van der Waals surface area contributed by atoms with Gasteiger partial charge in [0, 0.05) is 23.5 Å². The monoisotopic (exact) mass is 433 g/mol. The van der Waals surface area contributed by atoms with Crippen LogP contribution in [0.5, 0.6) is 17.2 Å². The van der Waals surface area contributed by atoms with E-state index in [1.54, 1.807) is 27.5 Å². The van der Waals surface area contributed by atoms with Crippen molar-refractivity contribution < 1.29 is 23.4 Å². The summed E-state index contributed by atoms with van der Waals surface area (Å²) in [6.07, 6.45) is 6.89. The summed E-state index contributed by atoms with van der Waals surface area (Å²) >= 11 is 0. The van der Waals surface area contributed by atoms with Gasteiger partial charge in [0.25, 0.3) is 0 Å². The summed E-state index contributed by atoms with van der Waals surface area (Å²) in [6.45, 7) is 0. The van der Waals surface area contributed by atoms with E-state index in [-0.39, 0.29) is 11.6 Å². The predicted molar refractivity (Wildman–Crippen MR) is 125 cm³/mol. The first-order valence-electron chi connectivity index (χ1n) is 9.85. The zero-order valence-corrected chi connectivity index (χ0v) is 18.1. The van der Waals surface area contributed by atoms with E-state index in [1.807, 2.05) is 48.6 Å². The molecule has 0 aliphatic rings. The van der Waals surface area contributed by atoms with Crippen molar-refractivity contribution in [3.8, 4) is 17.2 Å². The Balaban J connectivity index is 1.64. The van der Waals surface area contributed by atoms with Crippen LogP contribution in [0.15, 0.2) is 72.9 Å². The lowest BCUT2D eigenvalue weighted by molar-refractivity contribution is 0.104. The Labute approximate surface area is 186 Å². The number of hydrogen-bond acceptors (Lipinski definition) is 5. The van der Waals surface area contributed by atoms with Gasteiger partial charge in [0.15, 0.2) is 17.3 Å². The van der Waals surface area contributed by atoms with E-state index < -0.39 is 0 Å². The summed E-state index contributed by atoms with van der Waals surface area (Å²) in [6, 6.07) is 16.9. The molecule has 0 saturated carbocycles. The van der Waals surface area contributed by atoms with Gasteiger partial charge in [-0.3, -0.25) is 4.79 Å². The maximum atomic E-state index is 12.9. The molecule has 0 heterocycles. The van der Waals surface area contributed by atoms with Crippen molar-refractivity contribution in [1.82, 2.24) is 0 Å². The quantitative estimate of drug-likeness (QED) is 0.261. The molecule has 5 nitrogen and oxygen atoms in total. The fourth-order valence-corrected chi connectivity index (χ4v) is 3.00. The number of carbonyl (C=O) groups is 1. The van der Waals surface area contributed by atoms with Crippen molar-refractivity contribution in [2.45, 2.75) is 0 Å². The molecule has 0 aliphatic carbocycles. The fourth-order valence-electron chi connectivity index (χ4n) is 3.00. The lowest BCUT2D eigenvalue weighted by Gasteiger charge is -2.12. The Morgan fingerprint density at radius 2 is 1.41 bits per heavy atom. The molecule has 0 fully saturated rings. The van der Waals surface area contributed by atoms with Crippen LogP contribution in [0.2, 0.25) is 0 Å². The molecule has 32 heavy (non-hydrogen) atoms. The van der Waals surface area contributed by atoms with Gasteiger partial charge in [-0.2, -0.15) is 0 Å². The van der Waals surface area contributed by atoms with Crippen molar-refractivity contribution in [2.24, 2.45) is 0 Å². The Kier molecular flexibility index (Phi) is 7.65. The lowest BCUT2D eigenvalue weighted by Crippen LogP contribution is -1.96. The highest BCUT2D eigenvalue weighted by atomic mass is 19.1. The Morgan fingerprint density at radius 1 is 0.812 bits per heavy atom. The average Bonchev–Trinajstić information content (AvgIpc) is 2.83. The zero-order valence-electron chi connectivity index (χ0n) is 18.1. The number of halogens is 1. The van der Waals surface area contributed by atoms with Gasteiger partial charge >= 0.3 is 0 Å². The zero-order chi connectivity index (χ0) is 22.9. The Hall–Kier alpha value is -4.06. The van der Waals surface area contributed by atoms with Gasteiger partial charge in [-0.15, -0.1) is 0 Å². The van der Waals surface area contributed by atoms with Gasteiger partial charge in [-0.25, -0.2) is 4.39 Å². The fraction of sp³-hybridized carbons (Fsp3) is 0.115. The van der Waals surface area contributed by atoms with Gasteiger partial charge in [-0.05, 0) is 59.7 Å². The third-order valence-corrected chi connectivity index (χ3v) is 4.68. The molecular formula is C26H24FNO4. The Morgan fingerprint density at radius 3 is 1.97 bits per heavy atom. The smallest absolute Gasteiger partial charge is 0.203 e. The molecule has 0 amide bonds. The molecule has 0 unspecified atom stereocenters. The molecule has 3 rings (SSSR count). The first kappa shape index (κ1) is 22.6. The van der Waals surface area contributed by atoms with Crippen LogP contribution in [0.1, 0.15) is 21.5 Å². The number of nitrogens with one attached hydrogen (secondary N) is 1.